The summed E-state index contributed by atoms with van der Waals surface area (Å²) in [4.78, 5) is 10.9. The van der Waals surface area contributed by atoms with Gasteiger partial charge < -0.3 is 15.0 Å². The molecule has 1 aromatic carbocycles. The first-order valence-corrected chi connectivity index (χ1v) is 13.1. The third kappa shape index (κ3) is 4.72. The van der Waals surface area contributed by atoms with E-state index in [1.165, 1.54) is 11.1 Å². The molecule has 3 aromatic rings. The predicted molar refractivity (Wildman–Crippen MR) is 126 cm³/mol. The van der Waals surface area contributed by atoms with Gasteiger partial charge in [-0.2, -0.15) is 4.98 Å². The zero-order valence-electron chi connectivity index (χ0n) is 18.8. The molecule has 1 aliphatic heterocycles. The molecule has 2 N–H and O–H groups in total. The summed E-state index contributed by atoms with van der Waals surface area (Å²) in [7, 11) is -1.33. The monoisotopic (exact) mass is 468 g/mol. The molecule has 1 saturated heterocycles. The molecule has 10 heteroatoms. The summed E-state index contributed by atoms with van der Waals surface area (Å²) in [5.74, 6) is 1.35. The van der Waals surface area contributed by atoms with Gasteiger partial charge in [-0.25, -0.2) is 18.5 Å². The van der Waals surface area contributed by atoms with Crippen LogP contribution in [0.2, 0.25) is 0 Å². The molecule has 1 unspecified atom stereocenters. The maximum Gasteiger partial charge on any atom is 0.247 e. The Morgan fingerprint density at radius 2 is 2.15 bits per heavy atom. The van der Waals surface area contributed by atoms with Crippen LogP contribution >= 0.6 is 0 Å². The fourth-order valence-electron chi connectivity index (χ4n) is 4.65. The molecule has 0 saturated carbocycles. The van der Waals surface area contributed by atoms with Crippen molar-refractivity contribution in [2.45, 2.75) is 30.8 Å². The zero-order chi connectivity index (χ0) is 23.0. The summed E-state index contributed by atoms with van der Waals surface area (Å²) >= 11 is 0. The van der Waals surface area contributed by atoms with Gasteiger partial charge in [-0.15, -0.1) is 5.10 Å². The molecule has 0 spiro atoms. The minimum atomic E-state index is -3.47. The molecule has 5 rings (SSSR count). The highest BCUT2D eigenvalue weighted by atomic mass is 32.2. The van der Waals surface area contributed by atoms with Gasteiger partial charge >= 0.3 is 0 Å². The second-order valence-corrected chi connectivity index (χ2v) is 10.9. The van der Waals surface area contributed by atoms with Gasteiger partial charge in [-0.05, 0) is 62.0 Å². The van der Waals surface area contributed by atoms with Gasteiger partial charge in [-0.3, -0.25) is 0 Å². The van der Waals surface area contributed by atoms with Crippen LogP contribution in [-0.4, -0.2) is 66.5 Å². The third-order valence-corrected chi connectivity index (χ3v) is 7.22. The number of aromatic amines is 1. The number of anilines is 2. The van der Waals surface area contributed by atoms with Crippen LogP contribution in [0, 0.1) is 5.92 Å². The number of ether oxygens (including phenoxy) is 1. The lowest BCUT2D eigenvalue weighted by molar-refractivity contribution is 0.241. The lowest BCUT2D eigenvalue weighted by Gasteiger charge is -2.16. The van der Waals surface area contributed by atoms with Crippen molar-refractivity contribution in [2.75, 3.05) is 38.3 Å². The Labute approximate surface area is 193 Å². The molecule has 1 aliphatic carbocycles. The number of pyridine rings is 1. The van der Waals surface area contributed by atoms with Crippen LogP contribution in [0.15, 0.2) is 35.6 Å². The molecular weight excluding hydrogens is 440 g/mol. The van der Waals surface area contributed by atoms with Gasteiger partial charge in [0.25, 0.3) is 0 Å². The van der Waals surface area contributed by atoms with E-state index < -0.39 is 9.84 Å². The number of sulfone groups is 1. The van der Waals surface area contributed by atoms with E-state index in [4.69, 9.17) is 4.74 Å². The van der Waals surface area contributed by atoms with Gasteiger partial charge in [-0.1, -0.05) is 12.1 Å². The van der Waals surface area contributed by atoms with Gasteiger partial charge in [0, 0.05) is 36.5 Å². The molecule has 0 radical (unpaired) electrons. The largest absolute Gasteiger partial charge is 0.477 e. The number of H-pyrrole nitrogens is 1. The number of nitrogens with zero attached hydrogens (tertiary/aromatic N) is 4. The van der Waals surface area contributed by atoms with Gasteiger partial charge in [0.2, 0.25) is 26.8 Å². The number of benzene rings is 1. The minimum Gasteiger partial charge on any atom is -0.477 e. The van der Waals surface area contributed by atoms with E-state index >= 15 is 0 Å². The summed E-state index contributed by atoms with van der Waals surface area (Å²) in [5.41, 5.74) is 5.36. The summed E-state index contributed by atoms with van der Waals surface area (Å²) < 4.78 is 29.6. The number of fused-ring (bicyclic) bond motifs is 1. The topological polar surface area (TPSA) is 113 Å². The van der Waals surface area contributed by atoms with Crippen LogP contribution in [0.5, 0.6) is 5.88 Å². The summed E-state index contributed by atoms with van der Waals surface area (Å²) in [6.07, 6.45) is 7.05. The summed E-state index contributed by atoms with van der Waals surface area (Å²) in [6.45, 7) is 2.81. The van der Waals surface area contributed by atoms with Crippen LogP contribution in [0.1, 0.15) is 24.0 Å². The maximum atomic E-state index is 11.8. The Bertz CT molecular complexity index is 1270. The smallest absolute Gasteiger partial charge is 0.247 e. The average Bonchev–Trinajstić information content (AvgIpc) is 3.53. The Kier molecular flexibility index (Phi) is 5.79. The quantitative estimate of drug-likeness (QED) is 0.544. The van der Waals surface area contributed by atoms with Crippen molar-refractivity contribution in [1.29, 1.82) is 0 Å². The van der Waals surface area contributed by atoms with Crippen LogP contribution in [0.25, 0.3) is 11.1 Å². The minimum absolute atomic E-state index is 0.156. The average molecular weight is 469 g/mol. The highest BCUT2D eigenvalue weighted by molar-refractivity contribution is 7.90. The Morgan fingerprint density at radius 1 is 1.27 bits per heavy atom. The first-order valence-electron chi connectivity index (χ1n) is 11.2. The molecule has 3 heterocycles. The van der Waals surface area contributed by atoms with E-state index in [0.29, 0.717) is 18.4 Å². The number of rotatable bonds is 7. The third-order valence-electron chi connectivity index (χ3n) is 6.34. The molecular formula is C23H28N6O3S. The Hall–Kier alpha value is -2.98. The van der Waals surface area contributed by atoms with E-state index in [-0.39, 0.29) is 11.1 Å². The highest BCUT2D eigenvalue weighted by Crippen LogP contribution is 2.39. The SMILES string of the molecule is CN1CCC(COc2cc(-c3ccc4c(c3Nc3n[nH]c(S(C)(=O)=O)n3)CCC4)ccn2)C1. The van der Waals surface area contributed by atoms with E-state index in [2.05, 4.69) is 49.6 Å². The number of hydrogen-bond donors (Lipinski definition) is 2. The summed E-state index contributed by atoms with van der Waals surface area (Å²) in [5, 5.41) is 9.70. The van der Waals surface area contributed by atoms with E-state index in [1.807, 2.05) is 12.1 Å². The van der Waals surface area contributed by atoms with Crippen LogP contribution in [-0.2, 0) is 22.7 Å². The fraction of sp³-hybridized carbons (Fsp3) is 0.435. The highest BCUT2D eigenvalue weighted by Gasteiger charge is 2.22. The zero-order valence-corrected chi connectivity index (χ0v) is 19.7. The molecule has 9 nitrogen and oxygen atoms in total. The van der Waals surface area contributed by atoms with E-state index in [1.54, 1.807) is 6.20 Å². The standard InChI is InChI=1S/C23H28N6O3S/c1-29-11-9-15(13-29)14-32-20-12-17(8-10-24-20)19-7-6-16-4-3-5-18(16)21(19)25-22-26-23(28-27-22)33(2,30)31/h6-8,10,12,15H,3-5,9,11,13-14H2,1-2H3,(H2,25,26,27,28). The first kappa shape index (κ1) is 21.8. The van der Waals surface area contributed by atoms with Crippen molar-refractivity contribution in [3.05, 3.63) is 41.6 Å². The number of aryl methyl sites for hydroxylation is 1. The number of likely N-dealkylation sites (tertiary alicyclic amines) is 1. The molecule has 1 atom stereocenters. The first-order chi connectivity index (χ1) is 15.9. The molecule has 0 amide bonds. The maximum absolute atomic E-state index is 11.8. The fourth-order valence-corrected chi connectivity index (χ4v) is 5.12. The molecule has 33 heavy (non-hydrogen) atoms. The number of aromatic nitrogens is 4. The van der Waals surface area contributed by atoms with Crippen molar-refractivity contribution >= 4 is 21.5 Å². The van der Waals surface area contributed by atoms with Crippen molar-refractivity contribution < 1.29 is 13.2 Å². The normalized spacial score (nSPS) is 18.4. The lowest BCUT2D eigenvalue weighted by Crippen LogP contribution is -2.18. The molecule has 1 fully saturated rings. The van der Waals surface area contributed by atoms with Gasteiger partial charge in [0.05, 0.1) is 12.3 Å². The second kappa shape index (κ2) is 8.75. The molecule has 2 aliphatic rings. The number of hydrogen-bond acceptors (Lipinski definition) is 8. The molecule has 174 valence electrons. The number of nitrogens with one attached hydrogen (secondary N) is 2. The lowest BCUT2D eigenvalue weighted by atomic mass is 9.98. The predicted octanol–water partition coefficient (Wildman–Crippen LogP) is 2.83. The van der Waals surface area contributed by atoms with Crippen LogP contribution < -0.4 is 10.1 Å². The second-order valence-electron chi connectivity index (χ2n) is 8.95. The molecule has 0 bridgehead atoms. The Balaban J connectivity index is 1.44. The Morgan fingerprint density at radius 3 is 2.91 bits per heavy atom. The van der Waals surface area contributed by atoms with Gasteiger partial charge in [0.1, 0.15) is 0 Å². The van der Waals surface area contributed by atoms with Crippen LogP contribution in [0.4, 0.5) is 11.6 Å². The summed E-state index contributed by atoms with van der Waals surface area (Å²) in [6, 6.07) is 8.16. The van der Waals surface area contributed by atoms with Crippen molar-refractivity contribution in [2.24, 2.45) is 5.92 Å². The molecule has 2 aromatic heterocycles. The van der Waals surface area contributed by atoms with Gasteiger partial charge in [0.15, 0.2) is 0 Å². The van der Waals surface area contributed by atoms with Crippen molar-refractivity contribution in [3.8, 4) is 17.0 Å². The van der Waals surface area contributed by atoms with E-state index in [9.17, 15) is 8.42 Å². The van der Waals surface area contributed by atoms with E-state index in [0.717, 1.165) is 61.8 Å². The van der Waals surface area contributed by atoms with Crippen LogP contribution in [0.3, 0.4) is 0 Å². The van der Waals surface area contributed by atoms with Crippen molar-refractivity contribution in [1.82, 2.24) is 25.1 Å². The van der Waals surface area contributed by atoms with Crippen molar-refractivity contribution in [3.63, 3.8) is 0 Å².